The van der Waals surface area contributed by atoms with E-state index in [-0.39, 0.29) is 5.69 Å². The zero-order valence-electron chi connectivity index (χ0n) is 10.1. The van der Waals surface area contributed by atoms with Gasteiger partial charge < -0.3 is 5.32 Å². The third kappa shape index (κ3) is 3.42. The Balaban J connectivity index is 2.17. The molecule has 0 saturated carbocycles. The summed E-state index contributed by atoms with van der Waals surface area (Å²) in [7, 11) is 0. The first-order valence-corrected chi connectivity index (χ1v) is 7.14. The van der Waals surface area contributed by atoms with Crippen molar-refractivity contribution in [3.05, 3.63) is 66.6 Å². The summed E-state index contributed by atoms with van der Waals surface area (Å²) in [4.78, 5) is 10.4. The molecule has 1 N–H and O–H groups in total. The number of halogens is 3. The largest absolute Gasteiger partial charge is 0.380 e. The second-order valence-corrected chi connectivity index (χ2v) is 5.64. The van der Waals surface area contributed by atoms with Gasteiger partial charge in [0.05, 0.1) is 25.1 Å². The second-order valence-electron chi connectivity index (χ2n) is 4.00. The monoisotopic (exact) mass is 374 g/mol. The highest BCUT2D eigenvalue weighted by atomic mass is 79.9. The van der Waals surface area contributed by atoms with Gasteiger partial charge in [0.25, 0.3) is 5.69 Å². The summed E-state index contributed by atoms with van der Waals surface area (Å²) < 4.78 is 0.451. The predicted octanol–water partition coefficient (Wildman–Crippen LogP) is 5.28. The Kier molecular flexibility index (Phi) is 4.86. The Morgan fingerprint density at radius 1 is 1.25 bits per heavy atom. The van der Waals surface area contributed by atoms with Gasteiger partial charge in [-0.15, -0.1) is 0 Å². The molecule has 0 aliphatic carbocycles. The molecule has 0 amide bonds. The molecule has 2 aromatic rings. The maximum Gasteiger partial charge on any atom is 0.283 e. The van der Waals surface area contributed by atoms with Crippen LogP contribution in [0.5, 0.6) is 0 Å². The predicted molar refractivity (Wildman–Crippen MR) is 84.6 cm³/mol. The molecule has 20 heavy (non-hydrogen) atoms. The third-order valence-electron chi connectivity index (χ3n) is 2.64. The van der Waals surface area contributed by atoms with E-state index >= 15 is 0 Å². The minimum Gasteiger partial charge on any atom is -0.380 e. The molecule has 0 aliphatic rings. The highest BCUT2D eigenvalue weighted by Gasteiger charge is 2.12. The number of nitrogens with one attached hydrogen (secondary N) is 1. The van der Waals surface area contributed by atoms with Crippen molar-refractivity contribution in [1.29, 1.82) is 0 Å². The van der Waals surface area contributed by atoms with Gasteiger partial charge in [0, 0.05) is 12.6 Å². The molecule has 2 rings (SSSR count). The van der Waals surface area contributed by atoms with Gasteiger partial charge in [-0.25, -0.2) is 0 Å². The lowest BCUT2D eigenvalue weighted by atomic mass is 10.2. The van der Waals surface area contributed by atoms with Crippen LogP contribution < -0.4 is 5.32 Å². The fourth-order valence-corrected chi connectivity index (χ4v) is 2.40. The van der Waals surface area contributed by atoms with Gasteiger partial charge in [0.15, 0.2) is 0 Å². The first-order chi connectivity index (χ1) is 9.49. The molecule has 0 spiro atoms. The summed E-state index contributed by atoms with van der Waals surface area (Å²) >= 11 is 15.1. The van der Waals surface area contributed by atoms with Crippen molar-refractivity contribution in [3.8, 4) is 0 Å². The summed E-state index contributed by atoms with van der Waals surface area (Å²) in [5, 5.41) is 14.9. The van der Waals surface area contributed by atoms with E-state index in [1.165, 1.54) is 6.07 Å². The smallest absolute Gasteiger partial charge is 0.283 e. The molecule has 0 radical (unpaired) electrons. The normalized spacial score (nSPS) is 10.3. The van der Waals surface area contributed by atoms with Crippen molar-refractivity contribution in [2.45, 2.75) is 6.54 Å². The Bertz CT molecular complexity index is 665. The molecule has 0 heterocycles. The van der Waals surface area contributed by atoms with Crippen LogP contribution in [0.25, 0.3) is 0 Å². The highest BCUT2D eigenvalue weighted by molar-refractivity contribution is 9.10. The van der Waals surface area contributed by atoms with Crippen LogP contribution in [-0.2, 0) is 6.54 Å². The number of nitro groups is 1. The summed E-state index contributed by atoms with van der Waals surface area (Å²) in [5.41, 5.74) is 1.49. The quantitative estimate of drug-likeness (QED) is 0.584. The van der Waals surface area contributed by atoms with E-state index in [1.54, 1.807) is 30.3 Å². The van der Waals surface area contributed by atoms with E-state index in [0.717, 1.165) is 5.56 Å². The van der Waals surface area contributed by atoms with Crippen LogP contribution in [0.3, 0.4) is 0 Å². The SMILES string of the molecule is O=[N+]([O-])c1cc(CNc2cccc(Cl)c2Cl)ccc1Br. The summed E-state index contributed by atoms with van der Waals surface area (Å²) in [5.74, 6) is 0. The highest BCUT2D eigenvalue weighted by Crippen LogP contribution is 2.30. The number of hydrogen-bond acceptors (Lipinski definition) is 3. The fraction of sp³-hybridized carbons (Fsp3) is 0.0769. The molecule has 0 bridgehead atoms. The van der Waals surface area contributed by atoms with Crippen LogP contribution in [-0.4, -0.2) is 4.92 Å². The summed E-state index contributed by atoms with van der Waals surface area (Å²) in [6.45, 7) is 0.411. The molecular weight excluding hydrogens is 367 g/mol. The zero-order valence-corrected chi connectivity index (χ0v) is 13.2. The molecule has 0 fully saturated rings. The van der Waals surface area contributed by atoms with Crippen LogP contribution in [0.1, 0.15) is 5.56 Å². The number of benzene rings is 2. The van der Waals surface area contributed by atoms with E-state index in [2.05, 4.69) is 21.2 Å². The van der Waals surface area contributed by atoms with Crippen molar-refractivity contribution in [2.24, 2.45) is 0 Å². The molecule has 0 atom stereocenters. The van der Waals surface area contributed by atoms with Gasteiger partial charge in [-0.1, -0.05) is 35.3 Å². The molecule has 0 aromatic heterocycles. The Labute approximate surface area is 134 Å². The average molecular weight is 376 g/mol. The van der Waals surface area contributed by atoms with E-state index in [4.69, 9.17) is 23.2 Å². The number of rotatable bonds is 4. The lowest BCUT2D eigenvalue weighted by molar-refractivity contribution is -0.385. The maximum absolute atomic E-state index is 10.9. The van der Waals surface area contributed by atoms with Gasteiger partial charge in [-0.05, 0) is 39.7 Å². The lowest BCUT2D eigenvalue weighted by Gasteiger charge is -2.09. The third-order valence-corrected chi connectivity index (χ3v) is 4.13. The second kappa shape index (κ2) is 6.43. The Hall–Kier alpha value is -1.30. The molecule has 7 heteroatoms. The van der Waals surface area contributed by atoms with Gasteiger partial charge >= 0.3 is 0 Å². The first kappa shape index (κ1) is 15.1. The van der Waals surface area contributed by atoms with Gasteiger partial charge in [-0.3, -0.25) is 10.1 Å². The minimum atomic E-state index is -0.431. The lowest BCUT2D eigenvalue weighted by Crippen LogP contribution is -2.01. The average Bonchev–Trinajstić information content (AvgIpc) is 2.41. The molecule has 4 nitrogen and oxygen atoms in total. The number of nitrogens with zero attached hydrogens (tertiary/aromatic N) is 1. The van der Waals surface area contributed by atoms with Crippen LogP contribution in [0.4, 0.5) is 11.4 Å². The topological polar surface area (TPSA) is 55.2 Å². The van der Waals surface area contributed by atoms with E-state index in [9.17, 15) is 10.1 Å². The summed E-state index contributed by atoms with van der Waals surface area (Å²) in [6, 6.07) is 10.2. The summed E-state index contributed by atoms with van der Waals surface area (Å²) in [6.07, 6.45) is 0. The molecule has 104 valence electrons. The molecule has 0 saturated heterocycles. The van der Waals surface area contributed by atoms with E-state index in [0.29, 0.717) is 26.8 Å². The maximum atomic E-state index is 10.9. The standard InChI is InChI=1S/C13H9BrCl2N2O2/c14-9-5-4-8(6-12(9)18(19)20)7-17-11-3-1-2-10(15)13(11)16/h1-6,17H,7H2. The Morgan fingerprint density at radius 3 is 2.70 bits per heavy atom. The molecular formula is C13H9BrCl2N2O2. The van der Waals surface area contributed by atoms with E-state index in [1.807, 2.05) is 0 Å². The van der Waals surface area contributed by atoms with Crippen LogP contribution in [0.15, 0.2) is 40.9 Å². The van der Waals surface area contributed by atoms with Crippen molar-refractivity contribution in [1.82, 2.24) is 0 Å². The van der Waals surface area contributed by atoms with Crippen LogP contribution in [0, 0.1) is 10.1 Å². The number of nitro benzene ring substituents is 1. The van der Waals surface area contributed by atoms with Gasteiger partial charge in [0.1, 0.15) is 0 Å². The minimum absolute atomic E-state index is 0.0292. The van der Waals surface area contributed by atoms with E-state index < -0.39 is 4.92 Å². The zero-order chi connectivity index (χ0) is 14.7. The van der Waals surface area contributed by atoms with Crippen molar-refractivity contribution in [3.63, 3.8) is 0 Å². The van der Waals surface area contributed by atoms with Gasteiger partial charge in [-0.2, -0.15) is 0 Å². The van der Waals surface area contributed by atoms with Crippen molar-refractivity contribution >= 4 is 50.5 Å². The van der Waals surface area contributed by atoms with Crippen molar-refractivity contribution < 1.29 is 4.92 Å². The van der Waals surface area contributed by atoms with Crippen molar-refractivity contribution in [2.75, 3.05) is 5.32 Å². The van der Waals surface area contributed by atoms with Gasteiger partial charge in [0.2, 0.25) is 0 Å². The Morgan fingerprint density at radius 2 is 2.00 bits per heavy atom. The van der Waals surface area contributed by atoms with Crippen LogP contribution in [0.2, 0.25) is 10.0 Å². The first-order valence-electron chi connectivity index (χ1n) is 5.59. The number of hydrogen-bond donors (Lipinski definition) is 1. The molecule has 0 unspecified atom stereocenters. The molecule has 2 aromatic carbocycles. The molecule has 0 aliphatic heterocycles. The number of anilines is 1. The fourth-order valence-electron chi connectivity index (χ4n) is 1.65. The van der Waals surface area contributed by atoms with Crippen LogP contribution >= 0.6 is 39.1 Å².